The lowest BCUT2D eigenvalue weighted by atomic mass is 9.97. The van der Waals surface area contributed by atoms with E-state index in [9.17, 15) is 4.79 Å². The molecule has 2 amide bonds. The van der Waals surface area contributed by atoms with E-state index in [1.54, 1.807) is 12.1 Å². The van der Waals surface area contributed by atoms with Crippen LogP contribution in [0.3, 0.4) is 0 Å². The van der Waals surface area contributed by atoms with Crippen LogP contribution in [-0.4, -0.2) is 22.0 Å². The second-order valence-electron chi connectivity index (χ2n) is 6.37. The van der Waals surface area contributed by atoms with Crippen LogP contribution in [-0.2, 0) is 6.54 Å². The highest BCUT2D eigenvalue weighted by Crippen LogP contribution is 2.34. The van der Waals surface area contributed by atoms with Crippen molar-refractivity contribution in [3.63, 3.8) is 0 Å². The van der Waals surface area contributed by atoms with Gasteiger partial charge < -0.3 is 14.8 Å². The quantitative estimate of drug-likeness (QED) is 0.851. The molecule has 1 N–H and O–H groups in total. The van der Waals surface area contributed by atoms with Crippen LogP contribution in [0, 0.1) is 12.8 Å². The van der Waals surface area contributed by atoms with E-state index < -0.39 is 0 Å². The fourth-order valence-electron chi connectivity index (χ4n) is 3.35. The van der Waals surface area contributed by atoms with Gasteiger partial charge >= 0.3 is 6.03 Å². The maximum atomic E-state index is 12.8. The summed E-state index contributed by atoms with van der Waals surface area (Å²) in [5.74, 6) is 0.341. The lowest BCUT2D eigenvalue weighted by molar-refractivity contribution is 0.143. The lowest BCUT2D eigenvalue weighted by Crippen LogP contribution is -2.46. The van der Waals surface area contributed by atoms with E-state index in [1.165, 1.54) is 11.4 Å². The van der Waals surface area contributed by atoms with Gasteiger partial charge in [0, 0.05) is 35.2 Å². The topological polar surface area (TPSA) is 37.3 Å². The van der Waals surface area contributed by atoms with Gasteiger partial charge in [0.15, 0.2) is 0 Å². The fourth-order valence-corrected chi connectivity index (χ4v) is 3.54. The highest BCUT2D eigenvalue weighted by molar-refractivity contribution is 6.30. The monoisotopic (exact) mass is 331 g/mol. The molecule has 0 fully saturated rings. The van der Waals surface area contributed by atoms with Gasteiger partial charge in [-0.2, -0.15) is 0 Å². The van der Waals surface area contributed by atoms with Gasteiger partial charge in [0.25, 0.3) is 0 Å². The SMILES string of the molecule is Cc1ccc2n1CCN(C(=O)Nc1cccc(Cl)c1)[C@H]2C(C)C. The van der Waals surface area contributed by atoms with Crippen LogP contribution in [0.1, 0.15) is 31.3 Å². The Bertz CT molecular complexity index is 723. The number of amides is 2. The van der Waals surface area contributed by atoms with Crippen LogP contribution in [0.2, 0.25) is 5.02 Å². The predicted molar refractivity (Wildman–Crippen MR) is 93.9 cm³/mol. The third-order valence-corrected chi connectivity index (χ3v) is 4.64. The average molecular weight is 332 g/mol. The number of urea groups is 1. The molecule has 1 atom stereocenters. The fraction of sp³-hybridized carbons (Fsp3) is 0.389. The number of benzene rings is 1. The zero-order valence-electron chi connectivity index (χ0n) is 13.7. The van der Waals surface area contributed by atoms with Crippen molar-refractivity contribution in [2.24, 2.45) is 5.92 Å². The number of rotatable bonds is 2. The van der Waals surface area contributed by atoms with E-state index in [2.05, 4.69) is 42.8 Å². The summed E-state index contributed by atoms with van der Waals surface area (Å²) in [5, 5.41) is 3.59. The first kappa shape index (κ1) is 15.9. The molecule has 0 unspecified atom stereocenters. The zero-order chi connectivity index (χ0) is 16.6. The Kier molecular flexibility index (Phi) is 4.35. The summed E-state index contributed by atoms with van der Waals surface area (Å²) in [6.07, 6.45) is 0. The third-order valence-electron chi connectivity index (χ3n) is 4.40. The summed E-state index contributed by atoms with van der Waals surface area (Å²) in [6, 6.07) is 11.5. The first-order chi connectivity index (χ1) is 11.0. The molecule has 1 aliphatic heterocycles. The van der Waals surface area contributed by atoms with Crippen molar-refractivity contribution in [1.82, 2.24) is 9.47 Å². The van der Waals surface area contributed by atoms with Crippen molar-refractivity contribution in [2.45, 2.75) is 33.4 Å². The molecule has 0 aliphatic carbocycles. The Labute approximate surface area is 142 Å². The number of nitrogens with one attached hydrogen (secondary N) is 1. The predicted octanol–water partition coefficient (Wildman–Crippen LogP) is 4.69. The van der Waals surface area contributed by atoms with E-state index in [0.717, 1.165) is 12.2 Å². The van der Waals surface area contributed by atoms with Gasteiger partial charge in [-0.15, -0.1) is 0 Å². The van der Waals surface area contributed by atoms with Crippen LogP contribution in [0.15, 0.2) is 36.4 Å². The molecule has 0 spiro atoms. The molecule has 5 heteroatoms. The number of fused-ring (bicyclic) bond motifs is 1. The van der Waals surface area contributed by atoms with Gasteiger partial charge in [0.1, 0.15) is 0 Å². The molecule has 122 valence electrons. The van der Waals surface area contributed by atoms with Crippen molar-refractivity contribution in [3.8, 4) is 0 Å². The number of aromatic nitrogens is 1. The lowest BCUT2D eigenvalue weighted by Gasteiger charge is -2.39. The molecule has 3 rings (SSSR count). The number of carbonyl (C=O) groups excluding carboxylic acids is 1. The molecular weight excluding hydrogens is 310 g/mol. The molecule has 2 aromatic rings. The highest BCUT2D eigenvalue weighted by Gasteiger charge is 2.33. The van der Waals surface area contributed by atoms with Crippen molar-refractivity contribution >= 4 is 23.3 Å². The maximum absolute atomic E-state index is 12.8. The van der Waals surface area contributed by atoms with Crippen molar-refractivity contribution in [2.75, 3.05) is 11.9 Å². The minimum atomic E-state index is -0.0731. The molecule has 0 saturated carbocycles. The standard InChI is InChI=1S/C18H22ClN3O/c1-12(2)17-16-8-7-13(3)21(16)9-10-22(17)18(23)20-15-6-4-5-14(19)11-15/h4-8,11-12,17H,9-10H2,1-3H3,(H,20,23)/t17-/m0/s1. The Morgan fingerprint density at radius 1 is 1.26 bits per heavy atom. The van der Waals surface area contributed by atoms with Crippen LogP contribution in [0.25, 0.3) is 0 Å². The summed E-state index contributed by atoms with van der Waals surface area (Å²) in [7, 11) is 0. The first-order valence-corrected chi connectivity index (χ1v) is 8.34. The Balaban J connectivity index is 1.85. The second-order valence-corrected chi connectivity index (χ2v) is 6.81. The molecule has 0 bridgehead atoms. The van der Waals surface area contributed by atoms with Crippen LogP contribution in [0.4, 0.5) is 10.5 Å². The molecule has 0 saturated heterocycles. The number of aryl methyl sites for hydroxylation is 1. The maximum Gasteiger partial charge on any atom is 0.322 e. The largest absolute Gasteiger partial charge is 0.345 e. The van der Waals surface area contributed by atoms with E-state index in [0.29, 0.717) is 17.5 Å². The molecule has 1 aromatic heterocycles. The van der Waals surface area contributed by atoms with Crippen molar-refractivity contribution < 1.29 is 4.79 Å². The van der Waals surface area contributed by atoms with Crippen LogP contribution < -0.4 is 5.32 Å². The van der Waals surface area contributed by atoms with Gasteiger partial charge in [-0.3, -0.25) is 0 Å². The minimum absolute atomic E-state index is 0.0731. The van der Waals surface area contributed by atoms with E-state index >= 15 is 0 Å². The number of nitrogens with zero attached hydrogens (tertiary/aromatic N) is 2. The van der Waals surface area contributed by atoms with Crippen molar-refractivity contribution in [1.29, 1.82) is 0 Å². The van der Waals surface area contributed by atoms with Gasteiger partial charge in [0.05, 0.1) is 6.04 Å². The average Bonchev–Trinajstić information content (AvgIpc) is 2.87. The van der Waals surface area contributed by atoms with Crippen LogP contribution in [0.5, 0.6) is 0 Å². The minimum Gasteiger partial charge on any atom is -0.345 e. The molecule has 23 heavy (non-hydrogen) atoms. The number of anilines is 1. The van der Waals surface area contributed by atoms with Crippen LogP contribution >= 0.6 is 11.6 Å². The van der Waals surface area contributed by atoms with Crippen molar-refractivity contribution in [3.05, 3.63) is 52.8 Å². The Hall–Kier alpha value is -1.94. The number of halogens is 1. The van der Waals surface area contributed by atoms with Gasteiger partial charge in [0.2, 0.25) is 0 Å². The summed E-state index contributed by atoms with van der Waals surface area (Å²) in [6.45, 7) is 7.96. The van der Waals surface area contributed by atoms with Gasteiger partial charge in [-0.25, -0.2) is 4.79 Å². The van der Waals surface area contributed by atoms with E-state index in [4.69, 9.17) is 11.6 Å². The number of hydrogen-bond acceptors (Lipinski definition) is 1. The van der Waals surface area contributed by atoms with E-state index in [-0.39, 0.29) is 12.1 Å². The Morgan fingerprint density at radius 2 is 2.04 bits per heavy atom. The summed E-state index contributed by atoms with van der Waals surface area (Å²) < 4.78 is 2.31. The summed E-state index contributed by atoms with van der Waals surface area (Å²) in [5.41, 5.74) is 3.19. The molecule has 4 nitrogen and oxygen atoms in total. The normalized spacial score (nSPS) is 17.3. The summed E-state index contributed by atoms with van der Waals surface area (Å²) >= 11 is 5.99. The summed E-state index contributed by atoms with van der Waals surface area (Å²) in [4.78, 5) is 14.7. The van der Waals surface area contributed by atoms with E-state index in [1.807, 2.05) is 17.0 Å². The third kappa shape index (κ3) is 3.08. The molecule has 2 heterocycles. The van der Waals surface area contributed by atoms with Gasteiger partial charge in [-0.1, -0.05) is 31.5 Å². The Morgan fingerprint density at radius 3 is 2.74 bits per heavy atom. The number of hydrogen-bond donors (Lipinski definition) is 1. The molecular formula is C18H22ClN3O. The molecule has 1 aliphatic rings. The molecule has 1 aromatic carbocycles. The zero-order valence-corrected chi connectivity index (χ0v) is 14.5. The van der Waals surface area contributed by atoms with Gasteiger partial charge in [-0.05, 0) is 43.2 Å². The number of carbonyl (C=O) groups is 1. The molecule has 0 radical (unpaired) electrons. The highest BCUT2D eigenvalue weighted by atomic mass is 35.5. The first-order valence-electron chi connectivity index (χ1n) is 7.96. The smallest absolute Gasteiger partial charge is 0.322 e. The second kappa shape index (κ2) is 6.28.